The van der Waals surface area contributed by atoms with Gasteiger partial charge in [-0.05, 0) is 81.4 Å². The lowest BCUT2D eigenvalue weighted by atomic mass is 9.98. The van der Waals surface area contributed by atoms with E-state index in [2.05, 4.69) is 20.5 Å². The first-order valence-electron chi connectivity index (χ1n) is 16.5. The molecule has 3 aliphatic rings. The largest absolute Gasteiger partial charge is 0.341 e. The number of hydrogen-bond donors (Lipinski definition) is 3. The summed E-state index contributed by atoms with van der Waals surface area (Å²) in [6.07, 6.45) is 7.40. The van der Waals surface area contributed by atoms with Gasteiger partial charge in [0.15, 0.2) is 0 Å². The number of hydrogen-bond acceptors (Lipinski definition) is 5. The molecule has 0 saturated carbocycles. The van der Waals surface area contributed by atoms with Gasteiger partial charge in [-0.3, -0.25) is 14.2 Å². The van der Waals surface area contributed by atoms with Crippen LogP contribution in [0.3, 0.4) is 0 Å². The van der Waals surface area contributed by atoms with E-state index in [4.69, 9.17) is 0 Å². The van der Waals surface area contributed by atoms with E-state index in [9.17, 15) is 19.2 Å². The topological polar surface area (TPSA) is 123 Å². The van der Waals surface area contributed by atoms with Crippen molar-refractivity contribution >= 4 is 34.6 Å². The Hall–Kier alpha value is -4.12. The van der Waals surface area contributed by atoms with Crippen LogP contribution in [0.1, 0.15) is 63.5 Å². The zero-order chi connectivity index (χ0) is 31.3. The lowest BCUT2D eigenvalue weighted by Crippen LogP contribution is -2.56. The summed E-state index contributed by atoms with van der Waals surface area (Å²) in [5.74, 6) is -0.194. The first kappa shape index (κ1) is 30.9. The molecule has 1 aromatic heterocycles. The number of likely N-dealkylation sites (tertiary alicyclic amines) is 3. The number of urea groups is 1. The second kappa shape index (κ2) is 13.9. The number of aromatic nitrogens is 2. The zero-order valence-corrected chi connectivity index (χ0v) is 26.2. The van der Waals surface area contributed by atoms with Crippen LogP contribution < -0.4 is 16.3 Å². The number of carbonyl (C=O) groups is 3. The van der Waals surface area contributed by atoms with Gasteiger partial charge in [-0.25, -0.2) is 9.59 Å². The van der Waals surface area contributed by atoms with Gasteiger partial charge >= 0.3 is 11.7 Å². The smallest absolute Gasteiger partial charge is 0.326 e. The lowest BCUT2D eigenvalue weighted by Gasteiger charge is -2.41. The van der Waals surface area contributed by atoms with Gasteiger partial charge in [0.25, 0.3) is 0 Å². The number of piperidine rings is 3. The second-order valence-electron chi connectivity index (χ2n) is 12.8. The maximum absolute atomic E-state index is 14.0. The van der Waals surface area contributed by atoms with Crippen LogP contribution in [0.4, 0.5) is 10.5 Å². The molecule has 3 aliphatic heterocycles. The molecule has 3 aromatic rings. The van der Waals surface area contributed by atoms with E-state index in [1.54, 1.807) is 4.90 Å². The molecule has 0 spiro atoms. The maximum atomic E-state index is 14.0. The Morgan fingerprint density at radius 3 is 2.16 bits per heavy atom. The summed E-state index contributed by atoms with van der Waals surface area (Å²) >= 11 is 0. The van der Waals surface area contributed by atoms with Crippen LogP contribution in [0.15, 0.2) is 53.3 Å². The third-order valence-corrected chi connectivity index (χ3v) is 9.73. The van der Waals surface area contributed by atoms with Gasteiger partial charge in [0.2, 0.25) is 11.8 Å². The normalized spacial score (nSPS) is 19.4. The SMILES string of the molecule is CC(=O)Nc1ccc(C[C@@H](NC(=O)N2CCC(n3c(=O)[nH]c4ccccc43)CC2)C(=O)N2CCC(N3CCCCC3)CC2)cc1. The highest BCUT2D eigenvalue weighted by molar-refractivity contribution is 5.89. The van der Waals surface area contributed by atoms with Crippen molar-refractivity contribution in [3.63, 3.8) is 0 Å². The molecule has 4 heterocycles. The fraction of sp³-hybridized carbons (Fsp3) is 0.529. The van der Waals surface area contributed by atoms with Gasteiger partial charge in [0.1, 0.15) is 6.04 Å². The number of benzene rings is 2. The van der Waals surface area contributed by atoms with Gasteiger partial charge < -0.3 is 30.3 Å². The van der Waals surface area contributed by atoms with Crippen LogP contribution in [-0.4, -0.2) is 93.4 Å². The highest BCUT2D eigenvalue weighted by Crippen LogP contribution is 2.26. The number of nitrogens with zero attached hydrogens (tertiary/aromatic N) is 4. The Kier molecular flexibility index (Phi) is 9.53. The van der Waals surface area contributed by atoms with Crippen molar-refractivity contribution in [1.82, 2.24) is 29.6 Å². The van der Waals surface area contributed by atoms with Gasteiger partial charge in [-0.15, -0.1) is 0 Å². The number of imidazole rings is 1. The summed E-state index contributed by atoms with van der Waals surface area (Å²) in [6, 6.07) is 14.7. The molecule has 0 bridgehead atoms. The van der Waals surface area contributed by atoms with E-state index in [0.29, 0.717) is 57.2 Å². The third kappa shape index (κ3) is 7.24. The Morgan fingerprint density at radius 1 is 0.822 bits per heavy atom. The molecule has 3 fully saturated rings. The van der Waals surface area contributed by atoms with E-state index < -0.39 is 6.04 Å². The Morgan fingerprint density at radius 2 is 1.47 bits per heavy atom. The molecule has 3 N–H and O–H groups in total. The van der Waals surface area contributed by atoms with E-state index in [0.717, 1.165) is 42.5 Å². The third-order valence-electron chi connectivity index (χ3n) is 9.73. The molecule has 3 saturated heterocycles. The van der Waals surface area contributed by atoms with Crippen LogP contribution in [0, 0.1) is 0 Å². The predicted molar refractivity (Wildman–Crippen MR) is 174 cm³/mol. The highest BCUT2D eigenvalue weighted by Gasteiger charge is 2.33. The van der Waals surface area contributed by atoms with E-state index in [1.807, 2.05) is 58.0 Å². The van der Waals surface area contributed by atoms with Crippen molar-refractivity contribution < 1.29 is 14.4 Å². The number of anilines is 1. The average molecular weight is 616 g/mol. The Bertz CT molecular complexity index is 1540. The molecule has 2 aromatic carbocycles. The molecule has 45 heavy (non-hydrogen) atoms. The van der Waals surface area contributed by atoms with Crippen molar-refractivity contribution in [3.05, 3.63) is 64.6 Å². The van der Waals surface area contributed by atoms with Crippen molar-refractivity contribution in [3.8, 4) is 0 Å². The molecule has 11 heteroatoms. The number of rotatable bonds is 7. The standard InChI is InChI=1S/C34H45N7O4/c1-24(42)35-26-11-9-25(10-12-26)23-30(32(43)39-19-13-27(14-20-39)38-17-5-2-6-18-38)37-33(44)40-21-15-28(16-22-40)41-31-8-4-3-7-29(31)36-34(41)45/h3-4,7-12,27-28,30H,2,5-6,13-23H2,1H3,(H,35,42)(H,36,45)(H,37,44)/t30-/m1/s1. The molecule has 1 atom stereocenters. The van der Waals surface area contributed by atoms with Crippen LogP contribution in [0.5, 0.6) is 0 Å². The van der Waals surface area contributed by atoms with Crippen molar-refractivity contribution in [1.29, 1.82) is 0 Å². The number of amides is 4. The summed E-state index contributed by atoms with van der Waals surface area (Å²) in [5, 5.41) is 5.86. The van der Waals surface area contributed by atoms with Crippen molar-refractivity contribution in [2.24, 2.45) is 0 Å². The van der Waals surface area contributed by atoms with Crippen LogP contribution in [0.2, 0.25) is 0 Å². The quantitative estimate of drug-likeness (QED) is 0.374. The Labute approximate surface area is 263 Å². The fourth-order valence-electron chi connectivity index (χ4n) is 7.32. The minimum absolute atomic E-state index is 0.00143. The summed E-state index contributed by atoms with van der Waals surface area (Å²) < 4.78 is 1.81. The van der Waals surface area contributed by atoms with Crippen LogP contribution in [-0.2, 0) is 16.0 Å². The molecular weight excluding hydrogens is 570 g/mol. The lowest BCUT2D eigenvalue weighted by molar-refractivity contribution is -0.135. The predicted octanol–water partition coefficient (Wildman–Crippen LogP) is 3.72. The second-order valence-corrected chi connectivity index (χ2v) is 12.8. The number of fused-ring (bicyclic) bond motifs is 1. The van der Waals surface area contributed by atoms with Gasteiger partial charge in [0.05, 0.1) is 11.0 Å². The molecule has 4 amide bonds. The molecule has 6 rings (SSSR count). The fourth-order valence-corrected chi connectivity index (χ4v) is 7.32. The molecule has 0 radical (unpaired) electrons. The number of aromatic amines is 1. The number of carbonyl (C=O) groups excluding carboxylic acids is 3. The highest BCUT2D eigenvalue weighted by atomic mass is 16.2. The first-order chi connectivity index (χ1) is 21.9. The van der Waals surface area contributed by atoms with E-state index in [1.165, 1.54) is 26.2 Å². The Balaban J connectivity index is 1.11. The molecule has 11 nitrogen and oxygen atoms in total. The van der Waals surface area contributed by atoms with Gasteiger partial charge in [-0.1, -0.05) is 30.7 Å². The van der Waals surface area contributed by atoms with Gasteiger partial charge in [0, 0.05) is 57.3 Å². The molecule has 0 aliphatic carbocycles. The van der Waals surface area contributed by atoms with Crippen LogP contribution >= 0.6 is 0 Å². The molecule has 0 unspecified atom stereocenters. The average Bonchev–Trinajstić information content (AvgIpc) is 3.40. The first-order valence-corrected chi connectivity index (χ1v) is 16.5. The maximum Gasteiger partial charge on any atom is 0.326 e. The summed E-state index contributed by atoms with van der Waals surface area (Å²) in [5.41, 5.74) is 3.16. The molecule has 240 valence electrons. The number of nitrogens with one attached hydrogen (secondary N) is 3. The summed E-state index contributed by atoms with van der Waals surface area (Å²) in [7, 11) is 0. The summed E-state index contributed by atoms with van der Waals surface area (Å²) in [6.45, 7) is 6.15. The van der Waals surface area contributed by atoms with Gasteiger partial charge in [-0.2, -0.15) is 0 Å². The van der Waals surface area contributed by atoms with E-state index >= 15 is 0 Å². The number of H-pyrrole nitrogens is 1. The minimum Gasteiger partial charge on any atom is -0.341 e. The monoisotopic (exact) mass is 615 g/mol. The van der Waals surface area contributed by atoms with Crippen molar-refractivity contribution in [2.75, 3.05) is 44.6 Å². The number of para-hydroxylation sites is 2. The zero-order valence-electron chi connectivity index (χ0n) is 26.2. The minimum atomic E-state index is -0.704. The van der Waals surface area contributed by atoms with Crippen molar-refractivity contribution in [2.45, 2.75) is 76.4 Å². The molecular formula is C34H45N7O4. The van der Waals surface area contributed by atoms with E-state index in [-0.39, 0.29) is 29.6 Å². The van der Waals surface area contributed by atoms with Crippen LogP contribution in [0.25, 0.3) is 11.0 Å². The summed E-state index contributed by atoms with van der Waals surface area (Å²) in [4.78, 5) is 61.0.